The lowest BCUT2D eigenvalue weighted by Crippen LogP contribution is -1.88. The summed E-state index contributed by atoms with van der Waals surface area (Å²) in [7, 11) is 0. The van der Waals surface area contributed by atoms with Gasteiger partial charge in [-0.05, 0) is 36.3 Å². The van der Waals surface area contributed by atoms with E-state index in [0.29, 0.717) is 10.6 Å². The lowest BCUT2D eigenvalue weighted by Gasteiger charge is -1.96. The summed E-state index contributed by atoms with van der Waals surface area (Å²) >= 11 is 5.64. The number of para-hydroxylation sites is 1. The van der Waals surface area contributed by atoms with Crippen LogP contribution in [0.5, 0.6) is 0 Å². The highest BCUT2D eigenvalue weighted by Gasteiger charge is 1.98. The molecule has 1 N–H and O–H groups in total. The lowest BCUT2D eigenvalue weighted by molar-refractivity contribution is 0.624. The molecule has 0 radical (unpaired) electrons. The van der Waals surface area contributed by atoms with Crippen LogP contribution < -0.4 is 5.32 Å². The Bertz CT molecular complexity index is 570. The van der Waals surface area contributed by atoms with Crippen molar-refractivity contribution in [1.29, 1.82) is 0 Å². The second-order valence-corrected chi connectivity index (χ2v) is 3.80. The molecule has 0 spiro atoms. The van der Waals surface area contributed by atoms with Gasteiger partial charge < -0.3 is 5.32 Å². The minimum absolute atomic E-state index is 0.317. The summed E-state index contributed by atoms with van der Waals surface area (Å²) in [6.07, 6.45) is 0. The van der Waals surface area contributed by atoms with Crippen LogP contribution in [-0.4, -0.2) is 0 Å². The van der Waals surface area contributed by atoms with Crippen LogP contribution in [0.3, 0.4) is 0 Å². The van der Waals surface area contributed by atoms with E-state index in [4.69, 9.17) is 11.6 Å². The molecule has 0 unspecified atom stereocenters. The van der Waals surface area contributed by atoms with Gasteiger partial charge in [0, 0.05) is 16.8 Å². The van der Waals surface area contributed by atoms with Gasteiger partial charge in [-0.1, -0.05) is 29.8 Å². The fourth-order valence-electron chi connectivity index (χ4n) is 1.28. The number of hydrogen-bond acceptors (Lipinski definition) is 1. The van der Waals surface area contributed by atoms with Crippen LogP contribution >= 0.6 is 11.6 Å². The van der Waals surface area contributed by atoms with Gasteiger partial charge in [0.25, 0.3) is 0 Å². The molecule has 0 aromatic heterocycles. The van der Waals surface area contributed by atoms with E-state index in [1.165, 1.54) is 6.07 Å². The predicted molar refractivity (Wildman–Crippen MR) is 68.4 cm³/mol. The van der Waals surface area contributed by atoms with E-state index in [9.17, 15) is 4.39 Å². The summed E-state index contributed by atoms with van der Waals surface area (Å²) in [4.78, 5) is 0. The van der Waals surface area contributed by atoms with E-state index >= 15 is 0 Å². The predicted octanol–water partition coefficient (Wildman–Crippen LogP) is 3.90. The fraction of sp³-hybridized carbons (Fsp3) is 0. The molecule has 17 heavy (non-hydrogen) atoms. The third kappa shape index (κ3) is 3.24. The smallest absolute Gasteiger partial charge is 0.140 e. The molecular formula is C14H9ClFN. The van der Waals surface area contributed by atoms with Gasteiger partial charge in [0.2, 0.25) is 0 Å². The van der Waals surface area contributed by atoms with Crippen LogP contribution in [0, 0.1) is 17.8 Å². The van der Waals surface area contributed by atoms with Gasteiger partial charge in [0.15, 0.2) is 0 Å². The van der Waals surface area contributed by atoms with Crippen molar-refractivity contribution in [2.24, 2.45) is 0 Å². The van der Waals surface area contributed by atoms with Gasteiger partial charge in [0.05, 0.1) is 5.56 Å². The molecule has 0 aliphatic rings. The third-order valence-corrected chi connectivity index (χ3v) is 2.34. The summed E-state index contributed by atoms with van der Waals surface area (Å²) in [5.74, 6) is 2.28. The van der Waals surface area contributed by atoms with Crippen molar-refractivity contribution in [2.75, 3.05) is 5.32 Å². The average Bonchev–Trinajstić information content (AvgIpc) is 2.33. The maximum Gasteiger partial charge on any atom is 0.140 e. The van der Waals surface area contributed by atoms with E-state index in [0.717, 1.165) is 5.69 Å². The zero-order valence-electron chi connectivity index (χ0n) is 8.87. The first-order chi connectivity index (χ1) is 8.25. The van der Waals surface area contributed by atoms with Gasteiger partial charge >= 0.3 is 0 Å². The third-order valence-electron chi connectivity index (χ3n) is 2.11. The molecule has 0 aliphatic heterocycles. The summed E-state index contributed by atoms with van der Waals surface area (Å²) in [6.45, 7) is 0. The van der Waals surface area contributed by atoms with Crippen LogP contribution in [0.2, 0.25) is 5.02 Å². The Morgan fingerprint density at radius 1 is 1.06 bits per heavy atom. The number of hydrogen-bond donors (Lipinski definition) is 1. The molecule has 0 amide bonds. The van der Waals surface area contributed by atoms with Gasteiger partial charge in [-0.3, -0.25) is 0 Å². The number of benzene rings is 2. The van der Waals surface area contributed by atoms with Crippen LogP contribution in [0.25, 0.3) is 0 Å². The Morgan fingerprint density at radius 2 is 1.82 bits per heavy atom. The molecule has 3 heteroatoms. The van der Waals surface area contributed by atoms with E-state index < -0.39 is 5.82 Å². The molecule has 0 saturated heterocycles. The Hall–Kier alpha value is -1.98. The number of rotatable bonds is 1. The van der Waals surface area contributed by atoms with Crippen molar-refractivity contribution in [3.05, 3.63) is 64.9 Å². The molecule has 0 heterocycles. The highest BCUT2D eigenvalue weighted by molar-refractivity contribution is 6.30. The van der Waals surface area contributed by atoms with Crippen molar-refractivity contribution in [1.82, 2.24) is 0 Å². The molecule has 2 rings (SSSR count). The van der Waals surface area contributed by atoms with Crippen molar-refractivity contribution in [2.45, 2.75) is 0 Å². The Balaban J connectivity index is 2.12. The largest absolute Gasteiger partial charge is 0.315 e. The number of anilines is 1. The van der Waals surface area contributed by atoms with E-state index in [-0.39, 0.29) is 0 Å². The SMILES string of the molecule is Fc1cc(Cl)ccc1C#CNc1ccccc1. The quantitative estimate of drug-likeness (QED) is 0.594. The molecule has 84 valence electrons. The summed E-state index contributed by atoms with van der Waals surface area (Å²) in [5, 5.41) is 3.24. The zero-order chi connectivity index (χ0) is 12.1. The molecule has 0 atom stereocenters. The van der Waals surface area contributed by atoms with Crippen LogP contribution in [0.4, 0.5) is 10.1 Å². The normalized spacial score (nSPS) is 9.29. The van der Waals surface area contributed by atoms with E-state index in [1.807, 2.05) is 30.3 Å². The first-order valence-electron chi connectivity index (χ1n) is 5.03. The fourth-order valence-corrected chi connectivity index (χ4v) is 1.44. The summed E-state index contributed by atoms with van der Waals surface area (Å²) in [6, 6.07) is 16.6. The number of halogens is 2. The van der Waals surface area contributed by atoms with Gasteiger partial charge in [-0.25, -0.2) is 4.39 Å². The first kappa shape index (κ1) is 11.5. The highest BCUT2D eigenvalue weighted by Crippen LogP contribution is 2.13. The van der Waals surface area contributed by atoms with Gasteiger partial charge in [-0.15, -0.1) is 0 Å². The Kier molecular flexibility index (Phi) is 3.64. The van der Waals surface area contributed by atoms with Crippen LogP contribution in [0.1, 0.15) is 5.56 Å². The number of nitrogens with one attached hydrogen (secondary N) is 1. The Morgan fingerprint density at radius 3 is 2.53 bits per heavy atom. The summed E-state index contributed by atoms with van der Waals surface area (Å²) in [5.41, 5.74) is 1.19. The highest BCUT2D eigenvalue weighted by atomic mass is 35.5. The maximum absolute atomic E-state index is 13.4. The van der Waals surface area contributed by atoms with E-state index in [1.54, 1.807) is 12.1 Å². The minimum Gasteiger partial charge on any atom is -0.315 e. The topological polar surface area (TPSA) is 12.0 Å². The van der Waals surface area contributed by atoms with Crippen LogP contribution in [-0.2, 0) is 0 Å². The van der Waals surface area contributed by atoms with Gasteiger partial charge in [0.1, 0.15) is 5.82 Å². The van der Waals surface area contributed by atoms with Crippen molar-refractivity contribution in [3.63, 3.8) is 0 Å². The molecule has 0 fully saturated rings. The van der Waals surface area contributed by atoms with Crippen molar-refractivity contribution >= 4 is 17.3 Å². The molecule has 0 bridgehead atoms. The first-order valence-corrected chi connectivity index (χ1v) is 5.40. The molecule has 2 aromatic rings. The second-order valence-electron chi connectivity index (χ2n) is 3.37. The summed E-state index contributed by atoms with van der Waals surface area (Å²) < 4.78 is 13.4. The average molecular weight is 246 g/mol. The Labute approximate surface area is 104 Å². The molecular weight excluding hydrogens is 237 g/mol. The van der Waals surface area contributed by atoms with E-state index in [2.05, 4.69) is 17.3 Å². The van der Waals surface area contributed by atoms with Crippen molar-refractivity contribution in [3.8, 4) is 12.0 Å². The second kappa shape index (κ2) is 5.38. The van der Waals surface area contributed by atoms with Gasteiger partial charge in [-0.2, -0.15) is 0 Å². The van der Waals surface area contributed by atoms with Crippen LogP contribution in [0.15, 0.2) is 48.5 Å². The maximum atomic E-state index is 13.4. The standard InChI is InChI=1S/C14H9ClFN/c15-12-7-6-11(14(16)10-12)8-9-17-13-4-2-1-3-5-13/h1-7,10,17H. The molecule has 0 aliphatic carbocycles. The monoisotopic (exact) mass is 245 g/mol. The molecule has 2 aromatic carbocycles. The minimum atomic E-state index is -0.417. The molecule has 1 nitrogen and oxygen atoms in total. The molecule has 0 saturated carbocycles. The lowest BCUT2D eigenvalue weighted by atomic mass is 10.2. The van der Waals surface area contributed by atoms with Crippen molar-refractivity contribution < 1.29 is 4.39 Å². The zero-order valence-corrected chi connectivity index (χ0v) is 9.63.